The molecule has 0 radical (unpaired) electrons. The summed E-state index contributed by atoms with van der Waals surface area (Å²) >= 11 is 4.86. The van der Waals surface area contributed by atoms with Crippen LogP contribution in [0, 0.1) is 18.3 Å². The van der Waals surface area contributed by atoms with Gasteiger partial charge in [-0.15, -0.1) is 11.3 Å². The number of nitriles is 1. The number of rotatable bonds is 6. The van der Waals surface area contributed by atoms with E-state index in [1.807, 2.05) is 26.0 Å². The normalized spacial score (nSPS) is 13.7. The number of benzene rings is 1. The van der Waals surface area contributed by atoms with Gasteiger partial charge in [-0.2, -0.15) is 5.26 Å². The first kappa shape index (κ1) is 22.1. The van der Waals surface area contributed by atoms with Crippen molar-refractivity contribution in [2.75, 3.05) is 39.4 Å². The number of carbonyl (C=O) groups is 2. The highest BCUT2D eigenvalue weighted by molar-refractivity contribution is 9.10. The predicted molar refractivity (Wildman–Crippen MR) is 117 cm³/mol. The van der Waals surface area contributed by atoms with Crippen molar-refractivity contribution < 1.29 is 19.1 Å². The Labute approximate surface area is 187 Å². The summed E-state index contributed by atoms with van der Waals surface area (Å²) in [6.07, 6.45) is 0. The molecule has 1 saturated heterocycles. The molecule has 1 aliphatic rings. The standard InChI is InChI=1S/C21H22BrN3O4S/c1-3-28-17-11-15(12-23)10-16(22)20(17)29-13-19(26)24-6-8-25(9-7-24)21(27)18-5-4-14(2)30-18/h4-5,10-11H,3,6-9,13H2,1-2H3. The molecule has 2 heterocycles. The zero-order chi connectivity index (χ0) is 21.7. The van der Waals surface area contributed by atoms with Gasteiger partial charge in [-0.25, -0.2) is 0 Å². The van der Waals surface area contributed by atoms with E-state index in [0.717, 1.165) is 9.75 Å². The topological polar surface area (TPSA) is 82.9 Å². The van der Waals surface area contributed by atoms with E-state index in [0.29, 0.717) is 54.3 Å². The third kappa shape index (κ3) is 5.12. The predicted octanol–water partition coefficient (Wildman–Crippen LogP) is 3.45. The van der Waals surface area contributed by atoms with E-state index in [1.165, 1.54) is 11.3 Å². The second-order valence-corrected chi connectivity index (χ2v) is 8.84. The van der Waals surface area contributed by atoms with Gasteiger partial charge in [0.2, 0.25) is 0 Å². The van der Waals surface area contributed by atoms with E-state index in [9.17, 15) is 9.59 Å². The molecule has 0 bridgehead atoms. The lowest BCUT2D eigenvalue weighted by Gasteiger charge is -2.34. The summed E-state index contributed by atoms with van der Waals surface area (Å²) in [5.41, 5.74) is 0.436. The minimum atomic E-state index is -0.159. The van der Waals surface area contributed by atoms with Crippen molar-refractivity contribution in [3.63, 3.8) is 0 Å². The third-order valence-corrected chi connectivity index (χ3v) is 6.23. The SMILES string of the molecule is CCOc1cc(C#N)cc(Br)c1OCC(=O)N1CCN(C(=O)c2ccc(C)s2)CC1. The number of piperazine rings is 1. The van der Waals surface area contributed by atoms with Crippen molar-refractivity contribution in [3.8, 4) is 17.6 Å². The summed E-state index contributed by atoms with van der Waals surface area (Å²) in [5, 5.41) is 9.11. The third-order valence-electron chi connectivity index (χ3n) is 4.65. The second kappa shape index (κ2) is 9.96. The molecule has 0 N–H and O–H groups in total. The quantitative estimate of drug-likeness (QED) is 0.617. The Morgan fingerprint density at radius 3 is 2.47 bits per heavy atom. The van der Waals surface area contributed by atoms with Crippen LogP contribution in [0.15, 0.2) is 28.7 Å². The number of hydrogen-bond donors (Lipinski definition) is 0. The Morgan fingerprint density at radius 2 is 1.87 bits per heavy atom. The monoisotopic (exact) mass is 491 g/mol. The van der Waals surface area contributed by atoms with Gasteiger partial charge in [0.05, 0.1) is 27.6 Å². The molecule has 158 valence electrons. The fourth-order valence-corrected chi connectivity index (χ4v) is 4.52. The number of ether oxygens (including phenoxy) is 2. The molecular weight excluding hydrogens is 470 g/mol. The van der Waals surface area contributed by atoms with Gasteiger partial charge in [-0.1, -0.05) is 0 Å². The molecule has 0 aliphatic carbocycles. The summed E-state index contributed by atoms with van der Waals surface area (Å²) in [6, 6.07) is 9.06. The highest BCUT2D eigenvalue weighted by Crippen LogP contribution is 2.36. The van der Waals surface area contributed by atoms with E-state index < -0.39 is 0 Å². The number of carbonyl (C=O) groups excluding carboxylic acids is 2. The first-order chi connectivity index (χ1) is 14.4. The van der Waals surface area contributed by atoms with Gasteiger partial charge in [0.25, 0.3) is 11.8 Å². The number of amides is 2. The average Bonchev–Trinajstić information content (AvgIpc) is 3.18. The van der Waals surface area contributed by atoms with E-state index in [4.69, 9.17) is 14.7 Å². The molecule has 1 aromatic carbocycles. The lowest BCUT2D eigenvalue weighted by Crippen LogP contribution is -2.51. The van der Waals surface area contributed by atoms with E-state index in [2.05, 4.69) is 22.0 Å². The summed E-state index contributed by atoms with van der Waals surface area (Å²) in [5.74, 6) is 0.663. The Hall–Kier alpha value is -2.57. The molecule has 2 amide bonds. The molecule has 0 unspecified atom stereocenters. The van der Waals surface area contributed by atoms with Crippen LogP contribution >= 0.6 is 27.3 Å². The molecule has 2 aromatic rings. The van der Waals surface area contributed by atoms with Crippen LogP contribution in [0.3, 0.4) is 0 Å². The second-order valence-electron chi connectivity index (χ2n) is 6.70. The number of aryl methyl sites for hydroxylation is 1. The molecule has 1 fully saturated rings. The Bertz CT molecular complexity index is 977. The molecule has 9 heteroatoms. The average molecular weight is 492 g/mol. The fourth-order valence-electron chi connectivity index (χ4n) is 3.12. The van der Waals surface area contributed by atoms with Crippen LogP contribution in [0.2, 0.25) is 0 Å². The summed E-state index contributed by atoms with van der Waals surface area (Å²) in [7, 11) is 0. The molecule has 1 aromatic heterocycles. The van der Waals surface area contributed by atoms with Crippen molar-refractivity contribution in [3.05, 3.63) is 44.1 Å². The summed E-state index contributed by atoms with van der Waals surface area (Å²) < 4.78 is 11.8. The summed E-state index contributed by atoms with van der Waals surface area (Å²) in [6.45, 7) is 5.98. The van der Waals surface area contributed by atoms with Crippen LogP contribution < -0.4 is 9.47 Å². The van der Waals surface area contributed by atoms with Gasteiger partial charge in [0, 0.05) is 37.1 Å². The van der Waals surface area contributed by atoms with Crippen molar-refractivity contribution in [2.24, 2.45) is 0 Å². The largest absolute Gasteiger partial charge is 0.490 e. The number of halogens is 1. The molecule has 30 heavy (non-hydrogen) atoms. The lowest BCUT2D eigenvalue weighted by atomic mass is 10.2. The van der Waals surface area contributed by atoms with E-state index >= 15 is 0 Å². The van der Waals surface area contributed by atoms with Crippen LogP contribution in [-0.2, 0) is 4.79 Å². The number of hydrogen-bond acceptors (Lipinski definition) is 6. The molecule has 7 nitrogen and oxygen atoms in total. The first-order valence-corrected chi connectivity index (χ1v) is 11.2. The molecule has 1 aliphatic heterocycles. The number of nitrogens with zero attached hydrogens (tertiary/aromatic N) is 3. The zero-order valence-corrected chi connectivity index (χ0v) is 19.2. The summed E-state index contributed by atoms with van der Waals surface area (Å²) in [4.78, 5) is 30.5. The zero-order valence-electron chi connectivity index (χ0n) is 16.8. The maximum Gasteiger partial charge on any atom is 0.264 e. The Kier molecular flexibility index (Phi) is 7.34. The van der Waals surface area contributed by atoms with Crippen molar-refractivity contribution in [2.45, 2.75) is 13.8 Å². The van der Waals surface area contributed by atoms with Crippen LogP contribution in [-0.4, -0.2) is 61.0 Å². The Balaban J connectivity index is 1.57. The maximum atomic E-state index is 12.6. The van der Waals surface area contributed by atoms with Gasteiger partial charge in [-0.05, 0) is 48.0 Å². The number of thiophene rings is 1. The van der Waals surface area contributed by atoms with E-state index in [1.54, 1.807) is 21.9 Å². The van der Waals surface area contributed by atoms with Gasteiger partial charge in [0.1, 0.15) is 0 Å². The highest BCUT2D eigenvalue weighted by Gasteiger charge is 2.26. The van der Waals surface area contributed by atoms with Crippen LogP contribution in [0.5, 0.6) is 11.5 Å². The van der Waals surface area contributed by atoms with Gasteiger partial charge in [-0.3, -0.25) is 9.59 Å². The van der Waals surface area contributed by atoms with E-state index in [-0.39, 0.29) is 18.4 Å². The molecule has 0 atom stereocenters. The fraction of sp³-hybridized carbons (Fsp3) is 0.381. The lowest BCUT2D eigenvalue weighted by molar-refractivity contribution is -0.134. The molecule has 0 spiro atoms. The minimum Gasteiger partial charge on any atom is -0.490 e. The van der Waals surface area contributed by atoms with Gasteiger partial charge in [0.15, 0.2) is 18.1 Å². The molecule has 3 rings (SSSR count). The van der Waals surface area contributed by atoms with Crippen molar-refractivity contribution >= 4 is 39.1 Å². The van der Waals surface area contributed by atoms with Crippen molar-refractivity contribution in [1.29, 1.82) is 5.26 Å². The Morgan fingerprint density at radius 1 is 1.17 bits per heavy atom. The van der Waals surface area contributed by atoms with Crippen LogP contribution in [0.25, 0.3) is 0 Å². The molecule has 0 saturated carbocycles. The van der Waals surface area contributed by atoms with Crippen LogP contribution in [0.1, 0.15) is 27.0 Å². The maximum absolute atomic E-state index is 12.6. The van der Waals surface area contributed by atoms with Crippen molar-refractivity contribution in [1.82, 2.24) is 9.80 Å². The van der Waals surface area contributed by atoms with Gasteiger partial charge < -0.3 is 19.3 Å². The van der Waals surface area contributed by atoms with Crippen LogP contribution in [0.4, 0.5) is 0 Å². The first-order valence-electron chi connectivity index (χ1n) is 9.55. The highest BCUT2D eigenvalue weighted by atomic mass is 79.9. The minimum absolute atomic E-state index is 0.0133. The van der Waals surface area contributed by atoms with Gasteiger partial charge >= 0.3 is 0 Å². The smallest absolute Gasteiger partial charge is 0.264 e. The molecular formula is C21H22BrN3O4S.